The van der Waals surface area contributed by atoms with Gasteiger partial charge in [-0.2, -0.15) is 0 Å². The van der Waals surface area contributed by atoms with E-state index in [1.165, 1.54) is 0 Å². The third-order valence-electron chi connectivity index (χ3n) is 5.37. The Balaban J connectivity index is 1.69. The monoisotopic (exact) mass is 455 g/mol. The Kier molecular flexibility index (Phi) is 8.58. The van der Waals surface area contributed by atoms with Gasteiger partial charge in [-0.3, -0.25) is 4.79 Å². The molecular formula is C24H29N3O4S. The third-order valence-corrected chi connectivity index (χ3v) is 6.27. The van der Waals surface area contributed by atoms with Crippen molar-refractivity contribution < 1.29 is 19.8 Å². The molecule has 0 unspecified atom stereocenters. The van der Waals surface area contributed by atoms with E-state index < -0.39 is 18.0 Å². The average Bonchev–Trinajstić information content (AvgIpc) is 3.42. The Morgan fingerprint density at radius 2 is 1.94 bits per heavy atom. The zero-order valence-corrected chi connectivity index (χ0v) is 19.0. The van der Waals surface area contributed by atoms with Crippen LogP contribution in [0.5, 0.6) is 0 Å². The van der Waals surface area contributed by atoms with Gasteiger partial charge in [0.15, 0.2) is 0 Å². The van der Waals surface area contributed by atoms with Crippen LogP contribution in [0.4, 0.5) is 0 Å². The Hall–Kier alpha value is -2.97. The van der Waals surface area contributed by atoms with Crippen molar-refractivity contribution in [3.05, 3.63) is 75.5 Å². The number of nitrogens with one attached hydrogen (secondary N) is 1. The molecule has 0 radical (unpaired) electrons. The van der Waals surface area contributed by atoms with Gasteiger partial charge >= 0.3 is 11.9 Å². The topological polar surface area (TPSA) is 104 Å². The maximum atomic E-state index is 11.7. The van der Waals surface area contributed by atoms with Gasteiger partial charge in [0, 0.05) is 49.1 Å². The minimum Gasteiger partial charge on any atom is -0.480 e. The first-order chi connectivity index (χ1) is 15.5. The van der Waals surface area contributed by atoms with Crippen molar-refractivity contribution in [2.24, 2.45) is 0 Å². The maximum Gasteiger partial charge on any atom is 0.335 e. The average molecular weight is 456 g/mol. The van der Waals surface area contributed by atoms with Crippen molar-refractivity contribution in [1.29, 1.82) is 0 Å². The highest BCUT2D eigenvalue weighted by molar-refractivity contribution is 7.09. The van der Waals surface area contributed by atoms with Gasteiger partial charge in [-0.25, -0.2) is 9.78 Å². The molecule has 2 heterocycles. The normalized spacial score (nSPS) is 12.0. The molecule has 3 N–H and O–H groups in total. The summed E-state index contributed by atoms with van der Waals surface area (Å²) in [6, 6.07) is 10.1. The first kappa shape index (κ1) is 23.7. The number of rotatable bonds is 13. The Labute approximate surface area is 191 Å². The number of unbranched alkanes of at least 4 members (excludes halogenated alkanes) is 1. The lowest BCUT2D eigenvalue weighted by molar-refractivity contribution is -0.139. The largest absolute Gasteiger partial charge is 0.480 e. The molecule has 3 aromatic rings. The van der Waals surface area contributed by atoms with Crippen molar-refractivity contribution in [2.45, 2.75) is 51.6 Å². The molecule has 3 rings (SSSR count). The fourth-order valence-corrected chi connectivity index (χ4v) is 4.32. The second-order valence-corrected chi connectivity index (χ2v) is 8.77. The number of carbonyl (C=O) groups is 2. The summed E-state index contributed by atoms with van der Waals surface area (Å²) < 4.78 is 2.17. The quantitative estimate of drug-likeness (QED) is 0.362. The van der Waals surface area contributed by atoms with Crippen LogP contribution in [-0.2, 0) is 30.6 Å². The number of imidazole rings is 1. The van der Waals surface area contributed by atoms with Crippen molar-refractivity contribution in [3.63, 3.8) is 0 Å². The summed E-state index contributed by atoms with van der Waals surface area (Å²) >= 11 is 1.56. The number of aryl methyl sites for hydroxylation is 1. The zero-order chi connectivity index (χ0) is 22.9. The zero-order valence-electron chi connectivity index (χ0n) is 18.2. The molecular weight excluding hydrogens is 426 g/mol. The Bertz CT molecular complexity index is 1010. The van der Waals surface area contributed by atoms with Crippen LogP contribution in [0.1, 0.15) is 52.1 Å². The van der Waals surface area contributed by atoms with Crippen LogP contribution in [0.15, 0.2) is 48.0 Å². The van der Waals surface area contributed by atoms with E-state index in [4.69, 9.17) is 5.11 Å². The fraction of sp³-hybridized carbons (Fsp3) is 0.375. The van der Waals surface area contributed by atoms with Crippen LogP contribution in [0.25, 0.3) is 0 Å². The van der Waals surface area contributed by atoms with Crippen LogP contribution in [0.2, 0.25) is 0 Å². The van der Waals surface area contributed by atoms with E-state index in [9.17, 15) is 14.7 Å². The number of aliphatic carboxylic acids is 1. The second-order valence-electron chi connectivity index (χ2n) is 7.74. The minimum atomic E-state index is -0.940. The minimum absolute atomic E-state index is 0.264. The molecule has 32 heavy (non-hydrogen) atoms. The lowest BCUT2D eigenvalue weighted by Crippen LogP contribution is -2.39. The summed E-state index contributed by atoms with van der Waals surface area (Å²) in [5.74, 6) is -0.795. The van der Waals surface area contributed by atoms with Gasteiger partial charge in [-0.05, 0) is 35.6 Å². The number of carboxylic acid groups (broad SMARTS) is 2. The smallest absolute Gasteiger partial charge is 0.335 e. The Morgan fingerprint density at radius 3 is 2.56 bits per heavy atom. The van der Waals surface area contributed by atoms with Crippen molar-refractivity contribution in [3.8, 4) is 0 Å². The summed E-state index contributed by atoms with van der Waals surface area (Å²) in [5, 5.41) is 23.8. The number of hydrogen-bond acceptors (Lipinski definition) is 5. The van der Waals surface area contributed by atoms with Crippen molar-refractivity contribution in [2.75, 3.05) is 6.54 Å². The highest BCUT2D eigenvalue weighted by Crippen LogP contribution is 2.15. The maximum absolute atomic E-state index is 11.7. The van der Waals surface area contributed by atoms with Crippen molar-refractivity contribution in [1.82, 2.24) is 14.9 Å². The molecule has 0 aliphatic heterocycles. The van der Waals surface area contributed by atoms with Crippen LogP contribution >= 0.6 is 11.3 Å². The van der Waals surface area contributed by atoms with E-state index in [0.29, 0.717) is 25.9 Å². The number of nitrogens with zero attached hydrogens (tertiary/aromatic N) is 2. The number of carboxylic acids is 2. The number of aromatic nitrogens is 2. The molecule has 0 aliphatic rings. The lowest BCUT2D eigenvalue weighted by Gasteiger charge is -2.15. The predicted octanol–water partition coefficient (Wildman–Crippen LogP) is 3.86. The third kappa shape index (κ3) is 6.51. The van der Waals surface area contributed by atoms with E-state index in [0.717, 1.165) is 41.2 Å². The first-order valence-corrected chi connectivity index (χ1v) is 11.7. The summed E-state index contributed by atoms with van der Waals surface area (Å²) in [4.78, 5) is 28.4. The van der Waals surface area contributed by atoms with Crippen LogP contribution in [-0.4, -0.2) is 44.3 Å². The van der Waals surface area contributed by atoms with Gasteiger partial charge in [-0.1, -0.05) is 31.5 Å². The lowest BCUT2D eigenvalue weighted by atomic mass is 10.1. The molecule has 7 nitrogen and oxygen atoms in total. The van der Waals surface area contributed by atoms with Crippen LogP contribution in [0, 0.1) is 0 Å². The molecule has 2 aromatic heterocycles. The van der Waals surface area contributed by atoms with E-state index in [1.807, 2.05) is 35.8 Å². The predicted molar refractivity (Wildman–Crippen MR) is 124 cm³/mol. The highest BCUT2D eigenvalue weighted by Gasteiger charge is 2.18. The van der Waals surface area contributed by atoms with Gasteiger partial charge in [0.1, 0.15) is 11.9 Å². The summed E-state index contributed by atoms with van der Waals surface area (Å²) in [6.45, 7) is 3.27. The number of hydrogen-bond donors (Lipinski definition) is 3. The van der Waals surface area contributed by atoms with Gasteiger partial charge < -0.3 is 20.1 Å². The molecule has 1 atom stereocenters. The van der Waals surface area contributed by atoms with Gasteiger partial charge in [0.25, 0.3) is 0 Å². The van der Waals surface area contributed by atoms with E-state index in [2.05, 4.69) is 21.8 Å². The molecule has 8 heteroatoms. The second kappa shape index (κ2) is 11.6. The van der Waals surface area contributed by atoms with E-state index >= 15 is 0 Å². The molecule has 0 spiro atoms. The number of aromatic carboxylic acids is 1. The molecule has 0 fully saturated rings. The number of thiophene rings is 1. The van der Waals surface area contributed by atoms with Gasteiger partial charge in [0.2, 0.25) is 0 Å². The molecule has 0 bridgehead atoms. The van der Waals surface area contributed by atoms with Gasteiger partial charge in [-0.15, -0.1) is 11.3 Å². The van der Waals surface area contributed by atoms with Gasteiger partial charge in [0.05, 0.1) is 5.56 Å². The fourth-order valence-electron chi connectivity index (χ4n) is 3.57. The summed E-state index contributed by atoms with van der Waals surface area (Å²) in [6.07, 6.45) is 5.96. The van der Waals surface area contributed by atoms with E-state index in [-0.39, 0.29) is 5.56 Å². The molecule has 0 aliphatic carbocycles. The molecule has 0 amide bonds. The first-order valence-electron chi connectivity index (χ1n) is 10.8. The van der Waals surface area contributed by atoms with Crippen molar-refractivity contribution >= 4 is 23.3 Å². The molecule has 1 aromatic carbocycles. The van der Waals surface area contributed by atoms with Crippen LogP contribution in [0.3, 0.4) is 0 Å². The van der Waals surface area contributed by atoms with E-state index in [1.54, 1.807) is 23.5 Å². The molecule has 170 valence electrons. The molecule has 0 saturated heterocycles. The van der Waals surface area contributed by atoms with Crippen LogP contribution < -0.4 is 5.32 Å². The SMILES string of the molecule is CCCCc1ncc(CCN[C@@H](Cc2cccs2)C(=O)O)n1Cc1ccc(C(=O)O)cc1. The number of benzene rings is 1. The molecule has 0 saturated carbocycles. The highest BCUT2D eigenvalue weighted by atomic mass is 32.1. The summed E-state index contributed by atoms with van der Waals surface area (Å²) in [5.41, 5.74) is 2.30. The Morgan fingerprint density at radius 1 is 1.16 bits per heavy atom. The summed E-state index contributed by atoms with van der Waals surface area (Å²) in [7, 11) is 0. The standard InChI is InChI=1S/C24H29N3O4S/c1-2-3-6-22-26-15-19(27(22)16-17-7-9-18(10-8-17)23(28)29)11-12-25-21(24(30)31)14-20-5-4-13-32-20/h4-5,7-10,13,15,21,25H,2-3,6,11-12,14,16H2,1H3,(H,28,29)(H,30,31)/t21-/m0/s1.